The van der Waals surface area contributed by atoms with Gasteiger partial charge in [-0.05, 0) is 38.1 Å². The molecule has 192 valence electrons. The minimum atomic E-state index is -0.633. The zero-order valence-electron chi connectivity index (χ0n) is 20.4. The standard InChI is InChI=1S/C25H26FN6O5/c1-25(2)34-14-23(36-25)22-10-21(29-37-22)20-6-3-15(11-27-20)18-5-4-16(9-19(18)26)32-13-17(35-24(32)33)12-31-8-7-28-30-31/h3-6,8-9,11,17,22-23H,7,10,12-14H2,1-2H3/q+1/t17-,22-,23+/m0/s1. The lowest BCUT2D eigenvalue weighted by atomic mass is 10.0. The number of carbonyl (C=O) groups is 1. The number of ether oxygens (including phenoxy) is 3. The van der Waals surface area contributed by atoms with Crippen LogP contribution in [-0.2, 0) is 19.0 Å². The van der Waals surface area contributed by atoms with Crippen LogP contribution in [0.15, 0.2) is 52.0 Å². The van der Waals surface area contributed by atoms with Crippen LogP contribution >= 0.6 is 0 Å². The minimum Gasteiger partial charge on any atom is -0.440 e. The van der Waals surface area contributed by atoms with Gasteiger partial charge in [0.25, 0.3) is 0 Å². The number of anilines is 1. The number of hydrogen-bond donors (Lipinski definition) is 0. The van der Waals surface area contributed by atoms with Crippen LogP contribution in [0.4, 0.5) is 14.9 Å². The van der Waals surface area contributed by atoms with E-state index in [-0.39, 0.29) is 18.3 Å². The first-order valence-electron chi connectivity index (χ1n) is 12.1. The van der Waals surface area contributed by atoms with Crippen LogP contribution in [-0.4, -0.2) is 78.0 Å². The van der Waals surface area contributed by atoms with Gasteiger partial charge in [0.1, 0.15) is 29.1 Å². The van der Waals surface area contributed by atoms with Gasteiger partial charge in [0.15, 0.2) is 24.5 Å². The van der Waals surface area contributed by atoms with Gasteiger partial charge in [0.2, 0.25) is 6.54 Å². The maximum Gasteiger partial charge on any atom is 0.414 e. The molecule has 2 aromatic rings. The lowest BCUT2D eigenvalue weighted by Crippen LogP contribution is -2.31. The van der Waals surface area contributed by atoms with Gasteiger partial charge in [-0.1, -0.05) is 11.2 Å². The van der Waals surface area contributed by atoms with Crippen LogP contribution in [0.1, 0.15) is 26.0 Å². The molecule has 5 heterocycles. The Bertz CT molecular complexity index is 1310. The Hall–Kier alpha value is -3.77. The summed E-state index contributed by atoms with van der Waals surface area (Å²) in [5, 5.41) is 12.0. The molecule has 3 atom stereocenters. The van der Waals surface area contributed by atoms with E-state index in [1.807, 2.05) is 20.1 Å². The van der Waals surface area contributed by atoms with Crippen molar-refractivity contribution >= 4 is 23.7 Å². The van der Waals surface area contributed by atoms with Crippen LogP contribution in [0, 0.1) is 5.82 Å². The zero-order valence-corrected chi connectivity index (χ0v) is 20.4. The number of hydrogen-bond acceptors (Lipinski definition) is 9. The third-order valence-electron chi connectivity index (χ3n) is 6.59. The molecule has 1 aromatic carbocycles. The van der Waals surface area contributed by atoms with Gasteiger partial charge in [-0.2, -0.15) is 0 Å². The Morgan fingerprint density at radius 2 is 2.11 bits per heavy atom. The Kier molecular flexibility index (Phi) is 5.92. The monoisotopic (exact) mass is 509 g/mol. The van der Waals surface area contributed by atoms with E-state index in [2.05, 4.69) is 20.5 Å². The van der Waals surface area contributed by atoms with Gasteiger partial charge in [-0.3, -0.25) is 9.88 Å². The van der Waals surface area contributed by atoms with Crippen molar-refractivity contribution in [2.45, 2.75) is 44.4 Å². The quantitative estimate of drug-likeness (QED) is 0.553. The molecule has 0 bridgehead atoms. The predicted octanol–water partition coefficient (Wildman–Crippen LogP) is 3.32. The summed E-state index contributed by atoms with van der Waals surface area (Å²) in [6.45, 7) is 5.39. The summed E-state index contributed by atoms with van der Waals surface area (Å²) in [4.78, 5) is 23.9. The van der Waals surface area contributed by atoms with Crippen LogP contribution < -0.4 is 4.90 Å². The molecule has 37 heavy (non-hydrogen) atoms. The molecule has 2 saturated heterocycles. The van der Waals surface area contributed by atoms with E-state index in [1.165, 1.54) is 11.0 Å². The molecule has 0 unspecified atom stereocenters. The molecule has 0 radical (unpaired) electrons. The number of rotatable bonds is 6. The van der Waals surface area contributed by atoms with E-state index in [4.69, 9.17) is 19.0 Å². The number of nitrogens with zero attached hydrogens (tertiary/aromatic N) is 6. The van der Waals surface area contributed by atoms with E-state index in [0.717, 1.165) is 0 Å². The summed E-state index contributed by atoms with van der Waals surface area (Å²) < 4.78 is 33.7. The van der Waals surface area contributed by atoms with E-state index < -0.39 is 17.7 Å². The first-order chi connectivity index (χ1) is 17.8. The Morgan fingerprint density at radius 1 is 1.22 bits per heavy atom. The molecule has 4 aliphatic heterocycles. The van der Waals surface area contributed by atoms with E-state index in [0.29, 0.717) is 60.9 Å². The Balaban J connectivity index is 1.11. The highest BCUT2D eigenvalue weighted by Crippen LogP contribution is 2.31. The average molecular weight is 510 g/mol. The molecular formula is C25H26FN6O5+. The maximum absolute atomic E-state index is 15.1. The number of pyridine rings is 1. The third kappa shape index (κ3) is 4.81. The second-order valence-corrected chi connectivity index (χ2v) is 9.68. The van der Waals surface area contributed by atoms with Gasteiger partial charge in [-0.25, -0.2) is 9.18 Å². The number of carbonyl (C=O) groups excluding carboxylic acids is 1. The fourth-order valence-electron chi connectivity index (χ4n) is 4.71. The van der Waals surface area contributed by atoms with Crippen molar-refractivity contribution in [3.05, 3.63) is 48.0 Å². The van der Waals surface area contributed by atoms with Crippen molar-refractivity contribution in [2.75, 3.05) is 31.1 Å². The Morgan fingerprint density at radius 3 is 2.81 bits per heavy atom. The number of halogens is 1. The molecule has 12 heteroatoms. The zero-order chi connectivity index (χ0) is 25.6. The molecule has 4 aliphatic rings. The van der Waals surface area contributed by atoms with E-state index in [9.17, 15) is 4.79 Å². The molecule has 0 saturated carbocycles. The minimum absolute atomic E-state index is 0.199. The van der Waals surface area contributed by atoms with Gasteiger partial charge in [-0.15, -0.1) is 4.68 Å². The highest BCUT2D eigenvalue weighted by atomic mass is 19.1. The van der Waals surface area contributed by atoms with E-state index >= 15 is 4.39 Å². The molecule has 1 amide bonds. The average Bonchev–Trinajstić information content (AvgIpc) is 3.67. The summed E-state index contributed by atoms with van der Waals surface area (Å²) >= 11 is 0. The Labute approximate surface area is 212 Å². The van der Waals surface area contributed by atoms with Crippen molar-refractivity contribution in [3.63, 3.8) is 0 Å². The SMILES string of the molecule is CC1(C)OC[C@H]([C@@H]2CC(c3ccc(-c4ccc(N5C[C@H](C[N+]6=CCN=N6)OC5=O)cc4F)cn3)=NO2)O1. The van der Waals surface area contributed by atoms with Crippen molar-refractivity contribution in [1.82, 2.24) is 4.98 Å². The van der Waals surface area contributed by atoms with Gasteiger partial charge < -0.3 is 19.0 Å². The highest BCUT2D eigenvalue weighted by Gasteiger charge is 2.41. The number of aromatic nitrogens is 1. The summed E-state index contributed by atoms with van der Waals surface area (Å²) in [5.41, 5.74) is 2.77. The molecule has 1 aromatic heterocycles. The second-order valence-electron chi connectivity index (χ2n) is 9.68. The molecule has 6 rings (SSSR count). The number of oxime groups is 1. The lowest BCUT2D eigenvalue weighted by Gasteiger charge is -2.19. The summed E-state index contributed by atoms with van der Waals surface area (Å²) in [6.07, 6.45) is 2.62. The molecule has 11 nitrogen and oxygen atoms in total. The number of cyclic esters (lactones) is 1. The molecule has 0 N–H and O–H groups in total. The van der Waals surface area contributed by atoms with E-state index in [1.54, 1.807) is 35.1 Å². The van der Waals surface area contributed by atoms with Gasteiger partial charge in [0, 0.05) is 28.9 Å². The first kappa shape index (κ1) is 23.6. The predicted molar refractivity (Wildman–Crippen MR) is 129 cm³/mol. The van der Waals surface area contributed by atoms with Gasteiger partial charge >= 0.3 is 6.09 Å². The third-order valence-corrected chi connectivity index (χ3v) is 6.59. The molecule has 0 spiro atoms. The smallest absolute Gasteiger partial charge is 0.414 e. The lowest BCUT2D eigenvalue weighted by molar-refractivity contribution is -0.538. The van der Waals surface area contributed by atoms with Crippen molar-refractivity contribution in [2.24, 2.45) is 15.5 Å². The summed E-state index contributed by atoms with van der Waals surface area (Å²) in [5.74, 6) is -1.10. The van der Waals surface area contributed by atoms with Crippen LogP contribution in [0.5, 0.6) is 0 Å². The van der Waals surface area contributed by atoms with Gasteiger partial charge in [0.05, 0.1) is 24.5 Å². The molecule has 0 aliphatic carbocycles. The summed E-state index contributed by atoms with van der Waals surface area (Å²) in [6, 6.07) is 8.24. The van der Waals surface area contributed by atoms with Crippen molar-refractivity contribution in [1.29, 1.82) is 0 Å². The normalized spacial score (nSPS) is 26.3. The summed E-state index contributed by atoms with van der Waals surface area (Å²) in [7, 11) is 0. The molecule has 2 fully saturated rings. The second kappa shape index (κ2) is 9.27. The topological polar surface area (TPSA) is 110 Å². The molecular weight excluding hydrogens is 483 g/mol. The first-order valence-corrected chi connectivity index (χ1v) is 12.1. The van der Waals surface area contributed by atoms with Crippen LogP contribution in [0.3, 0.4) is 0 Å². The van der Waals surface area contributed by atoms with Crippen LogP contribution in [0.2, 0.25) is 0 Å². The van der Waals surface area contributed by atoms with Crippen LogP contribution in [0.25, 0.3) is 11.1 Å². The number of benzene rings is 1. The fourth-order valence-corrected chi connectivity index (χ4v) is 4.71. The highest BCUT2D eigenvalue weighted by molar-refractivity contribution is 6.00. The van der Waals surface area contributed by atoms with Crippen molar-refractivity contribution < 1.29 is 32.9 Å². The fraction of sp³-hybridized carbons (Fsp3) is 0.440. The van der Waals surface area contributed by atoms with Crippen molar-refractivity contribution in [3.8, 4) is 11.1 Å². The number of amides is 1. The maximum atomic E-state index is 15.1. The largest absolute Gasteiger partial charge is 0.440 e.